The number of hydrogen-bond acceptors (Lipinski definition) is 8. The van der Waals surface area contributed by atoms with E-state index in [4.69, 9.17) is 19.9 Å². The zero-order valence-electron chi connectivity index (χ0n) is 22.5. The molecular weight excluding hydrogens is 484 g/mol. The Hall–Kier alpha value is -4.45. The molecule has 1 aliphatic heterocycles. The molecule has 0 radical (unpaired) electrons. The van der Waals surface area contributed by atoms with Crippen molar-refractivity contribution in [2.24, 2.45) is 11.1 Å². The molecule has 38 heavy (non-hydrogen) atoms. The van der Waals surface area contributed by atoms with E-state index in [1.54, 1.807) is 24.3 Å². The van der Waals surface area contributed by atoms with Crippen LogP contribution < -0.4 is 25.4 Å². The van der Waals surface area contributed by atoms with Gasteiger partial charge >= 0.3 is 0 Å². The van der Waals surface area contributed by atoms with Crippen molar-refractivity contribution in [2.75, 3.05) is 21.3 Å². The second kappa shape index (κ2) is 10.1. The van der Waals surface area contributed by atoms with Gasteiger partial charge in [0.1, 0.15) is 5.82 Å². The van der Waals surface area contributed by atoms with Crippen molar-refractivity contribution in [3.63, 3.8) is 0 Å². The van der Waals surface area contributed by atoms with Gasteiger partial charge in [-0.1, -0.05) is 31.5 Å². The lowest BCUT2D eigenvalue weighted by molar-refractivity contribution is -0.118. The van der Waals surface area contributed by atoms with Crippen LogP contribution in [0.5, 0.6) is 17.2 Å². The van der Waals surface area contributed by atoms with Gasteiger partial charge in [-0.3, -0.25) is 15.0 Å². The number of Topliss-reactive ketones (excluding diaryl/α,β-unsaturated/α-hetero) is 1. The number of nitrogens with one attached hydrogen (secondary N) is 1. The number of nitrogens with zero attached hydrogens (tertiary/aromatic N) is 2. The van der Waals surface area contributed by atoms with Gasteiger partial charge in [0.05, 0.1) is 44.6 Å². The molecule has 1 aliphatic carbocycles. The third kappa shape index (κ3) is 4.65. The van der Waals surface area contributed by atoms with Crippen LogP contribution in [0.15, 0.2) is 59.1 Å². The summed E-state index contributed by atoms with van der Waals surface area (Å²) in [5.41, 5.74) is 12.2. The van der Waals surface area contributed by atoms with Gasteiger partial charge in [0.25, 0.3) is 5.91 Å². The number of carbonyl (C=O) groups excluding carboxylic acids is 2. The topological polar surface area (TPSA) is 127 Å². The lowest BCUT2D eigenvalue weighted by Gasteiger charge is -2.43. The molecule has 1 atom stereocenters. The summed E-state index contributed by atoms with van der Waals surface area (Å²) >= 11 is 0. The predicted octanol–water partition coefficient (Wildman–Crippen LogP) is 4.10. The number of nitriles is 1. The average Bonchev–Trinajstić information content (AvgIpc) is 2.88. The highest BCUT2D eigenvalue weighted by molar-refractivity contribution is 6.01. The highest BCUT2D eigenvalue weighted by atomic mass is 16.5. The summed E-state index contributed by atoms with van der Waals surface area (Å²) in [4.78, 5) is 26.9. The van der Waals surface area contributed by atoms with Crippen molar-refractivity contribution in [2.45, 2.75) is 39.5 Å². The third-order valence-electron chi connectivity index (χ3n) is 6.93. The Morgan fingerprint density at radius 1 is 1.08 bits per heavy atom. The van der Waals surface area contributed by atoms with Gasteiger partial charge in [0, 0.05) is 17.6 Å². The quantitative estimate of drug-likeness (QED) is 0.588. The van der Waals surface area contributed by atoms with Crippen molar-refractivity contribution in [3.05, 3.63) is 75.8 Å². The second-order valence-corrected chi connectivity index (χ2v) is 10.2. The molecule has 2 aliphatic rings. The van der Waals surface area contributed by atoms with Crippen molar-refractivity contribution in [3.8, 4) is 23.3 Å². The number of ether oxygens (including phenoxy) is 3. The molecule has 1 amide bonds. The summed E-state index contributed by atoms with van der Waals surface area (Å²) in [7, 11) is 4.50. The number of amides is 1. The van der Waals surface area contributed by atoms with E-state index in [1.165, 1.54) is 26.3 Å². The largest absolute Gasteiger partial charge is 0.493 e. The Bertz CT molecular complexity index is 1370. The molecule has 0 spiro atoms. The van der Waals surface area contributed by atoms with Gasteiger partial charge in [-0.25, -0.2) is 5.01 Å². The smallest absolute Gasteiger partial charge is 0.270 e. The zero-order chi connectivity index (χ0) is 27.8. The van der Waals surface area contributed by atoms with Crippen LogP contribution in [0.25, 0.3) is 0 Å². The highest BCUT2D eigenvalue weighted by Gasteiger charge is 2.45. The first kappa shape index (κ1) is 26.6. The third-order valence-corrected chi connectivity index (χ3v) is 6.93. The minimum atomic E-state index is -0.778. The Kier molecular flexibility index (Phi) is 7.09. The predicted molar refractivity (Wildman–Crippen MR) is 141 cm³/mol. The fourth-order valence-corrected chi connectivity index (χ4v) is 5.11. The van der Waals surface area contributed by atoms with E-state index in [0.29, 0.717) is 46.1 Å². The molecule has 0 aromatic heterocycles. The van der Waals surface area contributed by atoms with Crippen molar-refractivity contribution in [1.82, 2.24) is 10.4 Å². The Morgan fingerprint density at radius 2 is 1.68 bits per heavy atom. The van der Waals surface area contributed by atoms with Crippen LogP contribution in [-0.2, 0) is 4.79 Å². The number of allylic oxidation sites excluding steroid dienone is 3. The number of hydrogen-bond donors (Lipinski definition) is 2. The molecule has 1 unspecified atom stereocenters. The van der Waals surface area contributed by atoms with E-state index in [9.17, 15) is 14.9 Å². The van der Waals surface area contributed by atoms with Gasteiger partial charge in [0.15, 0.2) is 17.3 Å². The van der Waals surface area contributed by atoms with Gasteiger partial charge < -0.3 is 19.9 Å². The molecule has 3 N–H and O–H groups in total. The number of aryl methyl sites for hydroxylation is 1. The standard InChI is InChI=1S/C29H32N4O5/c1-16-7-9-17(10-8-16)28(35)32-33-20-13-29(2,3)14-21(34)25(20)24(19(15-30)27(33)31)18-11-22(36-4)26(38-6)23(12-18)37-5/h7-12,24H,13-14,31H2,1-6H3,(H,32,35). The van der Waals surface area contributed by atoms with E-state index < -0.39 is 11.8 Å². The molecule has 198 valence electrons. The SMILES string of the molecule is COc1cc(C2C(C#N)=C(N)N(NC(=O)c3ccc(C)cc3)C3=C2C(=O)CC(C)(C)C3)cc(OC)c1OC. The maximum absolute atomic E-state index is 13.7. The lowest BCUT2D eigenvalue weighted by Crippen LogP contribution is -2.49. The second-order valence-electron chi connectivity index (χ2n) is 10.2. The number of methoxy groups -OCH3 is 3. The molecule has 4 rings (SSSR count). The van der Waals surface area contributed by atoms with Gasteiger partial charge in [-0.15, -0.1) is 0 Å². The molecular formula is C29H32N4O5. The fraction of sp³-hybridized carbons (Fsp3) is 0.345. The van der Waals surface area contributed by atoms with Crippen LogP contribution in [-0.4, -0.2) is 38.0 Å². The Balaban J connectivity index is 1.91. The van der Waals surface area contributed by atoms with E-state index in [1.807, 2.05) is 32.9 Å². The number of ketones is 1. The van der Waals surface area contributed by atoms with Crippen molar-refractivity contribution in [1.29, 1.82) is 5.26 Å². The van der Waals surface area contributed by atoms with Crippen molar-refractivity contribution < 1.29 is 23.8 Å². The summed E-state index contributed by atoms with van der Waals surface area (Å²) < 4.78 is 16.5. The molecule has 1 heterocycles. The number of nitrogens with two attached hydrogens (primary N) is 1. The average molecular weight is 517 g/mol. The number of benzene rings is 2. The van der Waals surface area contributed by atoms with Crippen LogP contribution in [0, 0.1) is 23.7 Å². The number of carbonyl (C=O) groups is 2. The zero-order valence-corrected chi connectivity index (χ0v) is 22.5. The van der Waals surface area contributed by atoms with Crippen LogP contribution in [0.3, 0.4) is 0 Å². The maximum Gasteiger partial charge on any atom is 0.270 e. The number of hydrazine groups is 1. The van der Waals surface area contributed by atoms with E-state index in [0.717, 1.165) is 5.56 Å². The Labute approximate surface area is 222 Å². The normalized spacial score (nSPS) is 18.5. The molecule has 0 saturated heterocycles. The summed E-state index contributed by atoms with van der Waals surface area (Å²) in [6.07, 6.45) is 0.744. The minimum absolute atomic E-state index is 0.0518. The summed E-state index contributed by atoms with van der Waals surface area (Å²) in [5.74, 6) is -0.0841. The van der Waals surface area contributed by atoms with Gasteiger partial charge in [-0.2, -0.15) is 5.26 Å². The molecule has 9 heteroatoms. The molecule has 0 fully saturated rings. The van der Waals surface area contributed by atoms with Gasteiger partial charge in [0.2, 0.25) is 5.75 Å². The number of rotatable bonds is 6. The van der Waals surface area contributed by atoms with Crippen LogP contribution >= 0.6 is 0 Å². The van der Waals surface area contributed by atoms with Crippen LogP contribution in [0.4, 0.5) is 0 Å². The first-order valence-corrected chi connectivity index (χ1v) is 12.2. The van der Waals surface area contributed by atoms with E-state index in [2.05, 4.69) is 11.5 Å². The van der Waals surface area contributed by atoms with Crippen molar-refractivity contribution >= 4 is 11.7 Å². The minimum Gasteiger partial charge on any atom is -0.493 e. The van der Waals surface area contributed by atoms with E-state index in [-0.39, 0.29) is 29.0 Å². The first-order valence-electron chi connectivity index (χ1n) is 12.2. The van der Waals surface area contributed by atoms with E-state index >= 15 is 0 Å². The van der Waals surface area contributed by atoms with Crippen LogP contribution in [0.2, 0.25) is 0 Å². The fourth-order valence-electron chi connectivity index (χ4n) is 5.11. The molecule has 0 bridgehead atoms. The summed E-state index contributed by atoms with van der Waals surface area (Å²) in [6, 6.07) is 12.7. The highest BCUT2D eigenvalue weighted by Crippen LogP contribution is 2.50. The van der Waals surface area contributed by atoms with Crippen LogP contribution in [0.1, 0.15) is 54.1 Å². The summed E-state index contributed by atoms with van der Waals surface area (Å²) in [5, 5.41) is 11.7. The molecule has 2 aromatic carbocycles. The van der Waals surface area contributed by atoms with Gasteiger partial charge in [-0.05, 0) is 48.6 Å². The molecule has 9 nitrogen and oxygen atoms in total. The Morgan fingerprint density at radius 3 is 2.21 bits per heavy atom. The monoisotopic (exact) mass is 516 g/mol. The molecule has 0 saturated carbocycles. The maximum atomic E-state index is 13.7. The summed E-state index contributed by atoms with van der Waals surface area (Å²) in [6.45, 7) is 5.91. The lowest BCUT2D eigenvalue weighted by atomic mass is 9.69. The first-order chi connectivity index (χ1) is 18.0. The molecule has 2 aromatic rings.